The number of aliphatic carboxylic acids is 3. The molecule has 0 rings (SSSR count). The van der Waals surface area contributed by atoms with Gasteiger partial charge in [0.1, 0.15) is 5.78 Å². The van der Waals surface area contributed by atoms with Crippen LogP contribution in [0.3, 0.4) is 0 Å². The molecule has 9 nitrogen and oxygen atoms in total. The normalized spacial score (nSPS) is 11.7. The highest BCUT2D eigenvalue weighted by molar-refractivity contribution is 5.80. The highest BCUT2D eigenvalue weighted by atomic mass is 16.4. The number of aliphatic hydroxyl groups excluding tert-OH is 2. The standard InChI is InChI=1S/2C5H10O3.C5H8O3/c3*1-4(6)2-3-5(7)8/h2*4,6H,2-3H2,1H3,(H,7,8);2-3H2,1H3,(H,7,8). The van der Waals surface area contributed by atoms with Crippen molar-refractivity contribution in [1.82, 2.24) is 0 Å². The van der Waals surface area contributed by atoms with Gasteiger partial charge in [0.15, 0.2) is 0 Å². The summed E-state index contributed by atoms with van der Waals surface area (Å²) in [6.07, 6.45) is -0.0952. The number of carboxylic acids is 3. The number of aliphatic hydroxyl groups is 2. The molecule has 142 valence electrons. The van der Waals surface area contributed by atoms with Gasteiger partial charge in [-0.05, 0) is 33.6 Å². The first kappa shape index (κ1) is 26.9. The molecule has 0 radical (unpaired) electrons. The number of Topliss-reactive ketones (excluding diaryl/α,β-unsaturated/α-hetero) is 1. The summed E-state index contributed by atoms with van der Waals surface area (Å²) >= 11 is 0. The van der Waals surface area contributed by atoms with Gasteiger partial charge in [0.2, 0.25) is 0 Å². The fourth-order valence-electron chi connectivity index (χ4n) is 0.948. The largest absolute Gasteiger partial charge is 0.481 e. The number of hydrogen-bond donors (Lipinski definition) is 5. The molecule has 0 amide bonds. The van der Waals surface area contributed by atoms with Crippen molar-refractivity contribution in [2.75, 3.05) is 0 Å². The van der Waals surface area contributed by atoms with Gasteiger partial charge in [0.25, 0.3) is 0 Å². The minimum absolute atomic E-state index is 0.0463. The zero-order valence-corrected chi connectivity index (χ0v) is 14.3. The van der Waals surface area contributed by atoms with E-state index in [1.807, 2.05) is 0 Å². The van der Waals surface area contributed by atoms with E-state index in [0.29, 0.717) is 12.8 Å². The minimum atomic E-state index is -0.916. The predicted octanol–water partition coefficient (Wildman–Crippen LogP) is 0.904. The van der Waals surface area contributed by atoms with Crippen LogP contribution in [0.15, 0.2) is 0 Å². The molecule has 0 fully saturated rings. The van der Waals surface area contributed by atoms with Gasteiger partial charge in [-0.25, -0.2) is 0 Å². The van der Waals surface area contributed by atoms with Gasteiger partial charge in [0, 0.05) is 19.3 Å². The number of carbonyl (C=O) groups is 4. The van der Waals surface area contributed by atoms with Crippen molar-refractivity contribution in [2.24, 2.45) is 0 Å². The molecule has 0 aliphatic heterocycles. The molecule has 0 aromatic carbocycles. The smallest absolute Gasteiger partial charge is 0.303 e. The maximum Gasteiger partial charge on any atom is 0.303 e. The summed E-state index contributed by atoms with van der Waals surface area (Å²) in [5.41, 5.74) is 0. The van der Waals surface area contributed by atoms with Crippen LogP contribution in [0.25, 0.3) is 0 Å². The first-order valence-corrected chi connectivity index (χ1v) is 7.39. The Balaban J connectivity index is -0.000000276. The lowest BCUT2D eigenvalue weighted by atomic mass is 10.2. The average Bonchev–Trinajstić information content (AvgIpc) is 2.42. The number of carboxylic acid groups (broad SMARTS) is 3. The van der Waals surface area contributed by atoms with E-state index >= 15 is 0 Å². The maximum absolute atomic E-state index is 10.1. The van der Waals surface area contributed by atoms with Gasteiger partial charge in [-0.2, -0.15) is 0 Å². The second kappa shape index (κ2) is 17.4. The third-order valence-electron chi connectivity index (χ3n) is 2.24. The Kier molecular flexibility index (Phi) is 19.4. The number of rotatable bonds is 9. The summed E-state index contributed by atoms with van der Waals surface area (Å²) in [5, 5.41) is 41.2. The molecule has 0 spiro atoms. The lowest BCUT2D eigenvalue weighted by molar-refractivity contribution is -0.138. The fourth-order valence-corrected chi connectivity index (χ4v) is 0.948. The van der Waals surface area contributed by atoms with E-state index in [1.165, 1.54) is 6.92 Å². The van der Waals surface area contributed by atoms with Crippen molar-refractivity contribution in [3.8, 4) is 0 Å². The third-order valence-corrected chi connectivity index (χ3v) is 2.24. The molecule has 0 aromatic rings. The number of carbonyl (C=O) groups excluding carboxylic acids is 1. The summed E-state index contributed by atoms with van der Waals surface area (Å²) in [6, 6.07) is 0. The van der Waals surface area contributed by atoms with Crippen LogP contribution in [0.1, 0.15) is 59.3 Å². The zero-order valence-electron chi connectivity index (χ0n) is 14.3. The van der Waals surface area contributed by atoms with Crippen molar-refractivity contribution < 1.29 is 44.7 Å². The van der Waals surface area contributed by atoms with E-state index in [-0.39, 0.29) is 31.5 Å². The van der Waals surface area contributed by atoms with Gasteiger partial charge in [-0.15, -0.1) is 0 Å². The molecule has 5 N–H and O–H groups in total. The van der Waals surface area contributed by atoms with Crippen molar-refractivity contribution in [2.45, 2.75) is 71.5 Å². The summed E-state index contributed by atoms with van der Waals surface area (Å²) in [6.45, 7) is 4.52. The molecule has 0 aliphatic carbocycles. The van der Waals surface area contributed by atoms with E-state index < -0.39 is 30.1 Å². The van der Waals surface area contributed by atoms with E-state index in [0.717, 1.165) is 0 Å². The van der Waals surface area contributed by atoms with Crippen LogP contribution >= 0.6 is 0 Å². The van der Waals surface area contributed by atoms with Gasteiger partial charge >= 0.3 is 17.9 Å². The Morgan fingerprint density at radius 2 is 0.958 bits per heavy atom. The Morgan fingerprint density at radius 1 is 0.667 bits per heavy atom. The molecular formula is C15H28O9. The summed E-state index contributed by atoms with van der Waals surface area (Å²) in [4.78, 5) is 39.4. The van der Waals surface area contributed by atoms with Crippen LogP contribution < -0.4 is 0 Å². The van der Waals surface area contributed by atoms with Crippen molar-refractivity contribution in [3.63, 3.8) is 0 Å². The van der Waals surface area contributed by atoms with Crippen LogP contribution in [-0.2, 0) is 19.2 Å². The molecule has 2 unspecified atom stereocenters. The molecule has 0 heterocycles. The molecule has 0 bridgehead atoms. The minimum Gasteiger partial charge on any atom is -0.481 e. The van der Waals surface area contributed by atoms with Crippen LogP contribution in [-0.4, -0.2) is 61.4 Å². The lowest BCUT2D eigenvalue weighted by Gasteiger charge is -1.97. The predicted molar refractivity (Wildman–Crippen MR) is 84.7 cm³/mol. The second-order valence-electron chi connectivity index (χ2n) is 5.16. The van der Waals surface area contributed by atoms with Crippen LogP contribution in [0.5, 0.6) is 0 Å². The molecule has 0 aliphatic rings. The van der Waals surface area contributed by atoms with Crippen molar-refractivity contribution in [1.29, 1.82) is 0 Å². The van der Waals surface area contributed by atoms with Crippen LogP contribution in [0.4, 0.5) is 0 Å². The van der Waals surface area contributed by atoms with Gasteiger partial charge < -0.3 is 30.3 Å². The Hall–Kier alpha value is -2.00. The lowest BCUT2D eigenvalue weighted by Crippen LogP contribution is -2.03. The third kappa shape index (κ3) is 42.7. The topological polar surface area (TPSA) is 169 Å². The Morgan fingerprint density at radius 3 is 1.04 bits per heavy atom. The molecule has 24 heavy (non-hydrogen) atoms. The SMILES string of the molecule is CC(=O)CCC(=O)O.CC(O)CCC(=O)O.CC(O)CCC(=O)O. The summed E-state index contributed by atoms with van der Waals surface area (Å²) < 4.78 is 0. The summed E-state index contributed by atoms with van der Waals surface area (Å²) in [5.74, 6) is -2.70. The van der Waals surface area contributed by atoms with E-state index in [1.54, 1.807) is 13.8 Å². The number of hydrogen-bond acceptors (Lipinski definition) is 6. The van der Waals surface area contributed by atoms with Crippen molar-refractivity contribution >= 4 is 23.7 Å². The van der Waals surface area contributed by atoms with Gasteiger partial charge in [-0.3, -0.25) is 14.4 Å². The Bertz CT molecular complexity index is 339. The highest BCUT2D eigenvalue weighted by Crippen LogP contribution is 1.94. The Labute approximate surface area is 140 Å². The zero-order chi connectivity index (χ0) is 19.7. The van der Waals surface area contributed by atoms with E-state index in [9.17, 15) is 19.2 Å². The van der Waals surface area contributed by atoms with Crippen molar-refractivity contribution in [3.05, 3.63) is 0 Å². The van der Waals surface area contributed by atoms with Gasteiger partial charge in [0.05, 0.1) is 18.6 Å². The first-order valence-electron chi connectivity index (χ1n) is 7.39. The van der Waals surface area contributed by atoms with Crippen LogP contribution in [0.2, 0.25) is 0 Å². The molecule has 9 heteroatoms. The molecular weight excluding hydrogens is 324 g/mol. The van der Waals surface area contributed by atoms with E-state index in [2.05, 4.69) is 0 Å². The van der Waals surface area contributed by atoms with Crippen LogP contribution in [0, 0.1) is 0 Å². The molecule has 2 atom stereocenters. The second-order valence-corrected chi connectivity index (χ2v) is 5.16. The molecule has 0 aromatic heterocycles. The fraction of sp³-hybridized carbons (Fsp3) is 0.733. The maximum atomic E-state index is 10.1. The summed E-state index contributed by atoms with van der Waals surface area (Å²) in [7, 11) is 0. The first-order chi connectivity index (χ1) is 10.9. The average molecular weight is 352 g/mol. The molecule has 0 saturated heterocycles. The highest BCUT2D eigenvalue weighted by Gasteiger charge is 2.00. The number of ketones is 1. The van der Waals surface area contributed by atoms with Gasteiger partial charge in [-0.1, -0.05) is 0 Å². The van der Waals surface area contributed by atoms with E-state index in [4.69, 9.17) is 25.5 Å². The monoisotopic (exact) mass is 352 g/mol. The quantitative estimate of drug-likeness (QED) is 0.404. The molecule has 0 saturated carbocycles.